The van der Waals surface area contributed by atoms with Crippen molar-refractivity contribution in [1.29, 1.82) is 0 Å². The van der Waals surface area contributed by atoms with E-state index in [1.807, 2.05) is 6.07 Å². The first kappa shape index (κ1) is 15.2. The number of hydrogen-bond acceptors (Lipinski definition) is 4. The van der Waals surface area contributed by atoms with Gasteiger partial charge in [0.1, 0.15) is 11.6 Å². The summed E-state index contributed by atoms with van der Waals surface area (Å²) in [5.74, 6) is 1.17. The standard InChI is InChI=1S/C16H21FN4/c1-2-3-4-10-18-16-19-11-9-15(21-16)20-12-13-5-7-14(17)8-6-13/h5-9,11H,2-4,10,12H2,1H3,(H2,18,19,20,21). The van der Waals surface area contributed by atoms with Crippen LogP contribution in [0.2, 0.25) is 0 Å². The van der Waals surface area contributed by atoms with Crippen LogP contribution in [0.15, 0.2) is 36.5 Å². The Hall–Kier alpha value is -2.17. The van der Waals surface area contributed by atoms with Crippen LogP contribution in [0.1, 0.15) is 31.7 Å². The lowest BCUT2D eigenvalue weighted by Gasteiger charge is -2.08. The number of nitrogens with one attached hydrogen (secondary N) is 2. The Morgan fingerprint density at radius 2 is 1.86 bits per heavy atom. The van der Waals surface area contributed by atoms with Gasteiger partial charge in [-0.25, -0.2) is 9.37 Å². The Bertz CT molecular complexity index is 542. The highest BCUT2D eigenvalue weighted by Crippen LogP contribution is 2.09. The van der Waals surface area contributed by atoms with Crippen molar-refractivity contribution < 1.29 is 4.39 Å². The minimum Gasteiger partial charge on any atom is -0.366 e. The molecule has 112 valence electrons. The summed E-state index contributed by atoms with van der Waals surface area (Å²) in [6.45, 7) is 3.66. The van der Waals surface area contributed by atoms with Crippen LogP contribution in [0.4, 0.5) is 16.2 Å². The largest absolute Gasteiger partial charge is 0.366 e. The fourth-order valence-corrected chi connectivity index (χ4v) is 1.91. The zero-order chi connectivity index (χ0) is 14.9. The van der Waals surface area contributed by atoms with Gasteiger partial charge in [0.15, 0.2) is 0 Å². The molecule has 0 aliphatic heterocycles. The van der Waals surface area contributed by atoms with Crippen LogP contribution in [-0.4, -0.2) is 16.5 Å². The highest BCUT2D eigenvalue weighted by atomic mass is 19.1. The second-order valence-corrected chi connectivity index (χ2v) is 4.88. The van der Waals surface area contributed by atoms with Gasteiger partial charge in [-0.05, 0) is 30.2 Å². The zero-order valence-corrected chi connectivity index (χ0v) is 12.3. The molecule has 4 nitrogen and oxygen atoms in total. The van der Waals surface area contributed by atoms with Crippen LogP contribution in [0, 0.1) is 5.82 Å². The molecule has 0 spiro atoms. The highest BCUT2D eigenvalue weighted by Gasteiger charge is 1.99. The van der Waals surface area contributed by atoms with Crippen LogP contribution in [0.25, 0.3) is 0 Å². The molecule has 0 radical (unpaired) electrons. The summed E-state index contributed by atoms with van der Waals surface area (Å²) in [6.07, 6.45) is 5.24. The van der Waals surface area contributed by atoms with E-state index in [9.17, 15) is 4.39 Å². The van der Waals surface area contributed by atoms with E-state index >= 15 is 0 Å². The first-order chi connectivity index (χ1) is 10.3. The number of rotatable bonds is 8. The number of unbranched alkanes of at least 4 members (excludes halogenated alkanes) is 2. The zero-order valence-electron chi connectivity index (χ0n) is 12.3. The first-order valence-corrected chi connectivity index (χ1v) is 7.33. The van der Waals surface area contributed by atoms with E-state index in [-0.39, 0.29) is 5.82 Å². The maximum Gasteiger partial charge on any atom is 0.224 e. The summed E-state index contributed by atoms with van der Waals surface area (Å²) in [6, 6.07) is 8.25. The SMILES string of the molecule is CCCCCNc1nccc(NCc2ccc(F)cc2)n1. The molecule has 1 aromatic carbocycles. The lowest BCUT2D eigenvalue weighted by molar-refractivity contribution is 0.627. The Morgan fingerprint density at radius 1 is 1.05 bits per heavy atom. The van der Waals surface area contributed by atoms with Crippen molar-refractivity contribution in [3.63, 3.8) is 0 Å². The number of nitrogens with zero attached hydrogens (tertiary/aromatic N) is 2. The van der Waals surface area contributed by atoms with Crippen LogP contribution in [0.5, 0.6) is 0 Å². The van der Waals surface area contributed by atoms with Gasteiger partial charge < -0.3 is 10.6 Å². The molecule has 5 heteroatoms. The van der Waals surface area contributed by atoms with Crippen LogP contribution in [0.3, 0.4) is 0 Å². The molecule has 1 heterocycles. The van der Waals surface area contributed by atoms with E-state index in [1.54, 1.807) is 18.3 Å². The van der Waals surface area contributed by atoms with Crippen LogP contribution in [-0.2, 0) is 6.54 Å². The molecule has 0 aliphatic rings. The predicted octanol–water partition coefficient (Wildman–Crippen LogP) is 3.83. The summed E-state index contributed by atoms with van der Waals surface area (Å²) in [7, 11) is 0. The summed E-state index contributed by atoms with van der Waals surface area (Å²) < 4.78 is 12.8. The van der Waals surface area contributed by atoms with E-state index in [4.69, 9.17) is 0 Å². The average Bonchev–Trinajstić information content (AvgIpc) is 2.52. The second kappa shape index (κ2) is 8.19. The van der Waals surface area contributed by atoms with Crippen molar-refractivity contribution in [3.05, 3.63) is 47.9 Å². The fraction of sp³-hybridized carbons (Fsp3) is 0.375. The normalized spacial score (nSPS) is 10.4. The molecule has 2 N–H and O–H groups in total. The lowest BCUT2D eigenvalue weighted by Crippen LogP contribution is -2.07. The maximum atomic E-state index is 12.8. The smallest absolute Gasteiger partial charge is 0.224 e. The van der Waals surface area contributed by atoms with Crippen molar-refractivity contribution >= 4 is 11.8 Å². The molecule has 2 aromatic rings. The summed E-state index contributed by atoms with van der Waals surface area (Å²) in [4.78, 5) is 8.59. The maximum absolute atomic E-state index is 12.8. The molecule has 2 rings (SSSR count). The second-order valence-electron chi connectivity index (χ2n) is 4.88. The third kappa shape index (κ3) is 5.38. The quantitative estimate of drug-likeness (QED) is 0.725. The van der Waals surface area contributed by atoms with E-state index in [2.05, 4.69) is 27.5 Å². The van der Waals surface area contributed by atoms with Gasteiger partial charge in [-0.3, -0.25) is 0 Å². The molecule has 0 unspecified atom stereocenters. The minimum absolute atomic E-state index is 0.223. The molecule has 0 aliphatic carbocycles. The van der Waals surface area contributed by atoms with Crippen LogP contribution < -0.4 is 10.6 Å². The van der Waals surface area contributed by atoms with E-state index in [1.165, 1.54) is 25.0 Å². The monoisotopic (exact) mass is 288 g/mol. The van der Waals surface area contributed by atoms with Gasteiger partial charge in [-0.2, -0.15) is 4.98 Å². The molecule has 21 heavy (non-hydrogen) atoms. The highest BCUT2D eigenvalue weighted by molar-refractivity contribution is 5.40. The number of aromatic nitrogens is 2. The molecule has 0 bridgehead atoms. The molecule has 0 fully saturated rings. The van der Waals surface area contributed by atoms with E-state index < -0.39 is 0 Å². The van der Waals surface area contributed by atoms with Gasteiger partial charge in [0.05, 0.1) is 0 Å². The number of halogens is 1. The Labute approximate surface area is 124 Å². The van der Waals surface area contributed by atoms with Crippen molar-refractivity contribution in [3.8, 4) is 0 Å². The van der Waals surface area contributed by atoms with Gasteiger partial charge in [-0.15, -0.1) is 0 Å². The third-order valence-corrected chi connectivity index (χ3v) is 3.11. The van der Waals surface area contributed by atoms with Gasteiger partial charge in [0, 0.05) is 19.3 Å². The summed E-state index contributed by atoms with van der Waals surface area (Å²) in [5, 5.41) is 6.42. The average molecular weight is 288 g/mol. The molecule has 0 saturated carbocycles. The Morgan fingerprint density at radius 3 is 2.62 bits per heavy atom. The lowest BCUT2D eigenvalue weighted by atomic mass is 10.2. The Balaban J connectivity index is 1.84. The molecular formula is C16H21FN4. The van der Waals surface area contributed by atoms with Crippen LogP contribution >= 0.6 is 0 Å². The van der Waals surface area contributed by atoms with Crippen molar-refractivity contribution in [2.45, 2.75) is 32.7 Å². The van der Waals surface area contributed by atoms with E-state index in [0.717, 1.165) is 24.3 Å². The first-order valence-electron chi connectivity index (χ1n) is 7.33. The van der Waals surface area contributed by atoms with Gasteiger partial charge in [0.2, 0.25) is 5.95 Å². The predicted molar refractivity (Wildman–Crippen MR) is 83.8 cm³/mol. The Kier molecular flexibility index (Phi) is 5.94. The van der Waals surface area contributed by atoms with Gasteiger partial charge in [-0.1, -0.05) is 31.9 Å². The van der Waals surface area contributed by atoms with Gasteiger partial charge in [0.25, 0.3) is 0 Å². The fourth-order valence-electron chi connectivity index (χ4n) is 1.91. The summed E-state index contributed by atoms with van der Waals surface area (Å²) in [5.41, 5.74) is 1.01. The molecule has 0 saturated heterocycles. The van der Waals surface area contributed by atoms with Crippen molar-refractivity contribution in [1.82, 2.24) is 9.97 Å². The molecule has 1 aromatic heterocycles. The van der Waals surface area contributed by atoms with Gasteiger partial charge >= 0.3 is 0 Å². The summed E-state index contributed by atoms with van der Waals surface area (Å²) >= 11 is 0. The number of benzene rings is 1. The number of anilines is 2. The third-order valence-electron chi connectivity index (χ3n) is 3.11. The minimum atomic E-state index is -0.223. The van der Waals surface area contributed by atoms with Crippen molar-refractivity contribution in [2.24, 2.45) is 0 Å². The van der Waals surface area contributed by atoms with E-state index in [0.29, 0.717) is 12.5 Å². The molecule has 0 atom stereocenters. The molecule has 0 amide bonds. The number of hydrogen-bond donors (Lipinski definition) is 2. The van der Waals surface area contributed by atoms with Crippen molar-refractivity contribution in [2.75, 3.05) is 17.2 Å². The molecular weight excluding hydrogens is 267 g/mol. The topological polar surface area (TPSA) is 49.8 Å².